The number of aromatic hydroxyl groups is 1. The molecule has 3 rings (SSSR count). The quantitative estimate of drug-likeness (QED) is 0.586. The molecule has 1 heterocycles. The van der Waals surface area contributed by atoms with E-state index in [2.05, 4.69) is 21.2 Å². The van der Waals surface area contributed by atoms with Crippen LogP contribution in [0.1, 0.15) is 11.1 Å². The third kappa shape index (κ3) is 3.55. The number of ether oxygens (including phenoxy) is 1. The van der Waals surface area contributed by atoms with Crippen LogP contribution in [0.2, 0.25) is 0 Å². The van der Waals surface area contributed by atoms with Crippen molar-refractivity contribution in [3.63, 3.8) is 0 Å². The van der Waals surface area contributed by atoms with Crippen molar-refractivity contribution in [3.8, 4) is 11.5 Å². The zero-order valence-electron chi connectivity index (χ0n) is 13.6. The van der Waals surface area contributed by atoms with E-state index in [4.69, 9.17) is 4.74 Å². The second-order valence-corrected chi connectivity index (χ2v) is 6.47. The minimum Gasteiger partial charge on any atom is -0.504 e. The van der Waals surface area contributed by atoms with Gasteiger partial charge >= 0.3 is 6.03 Å². The fourth-order valence-electron chi connectivity index (χ4n) is 2.50. The normalized spacial score (nSPS) is 15.5. The van der Waals surface area contributed by atoms with Gasteiger partial charge in [0.15, 0.2) is 11.5 Å². The van der Waals surface area contributed by atoms with E-state index in [0.717, 1.165) is 4.90 Å². The highest BCUT2D eigenvalue weighted by Gasteiger charge is 2.33. The van der Waals surface area contributed by atoms with Crippen LogP contribution in [0, 0.1) is 5.82 Å². The van der Waals surface area contributed by atoms with E-state index in [1.807, 2.05) is 0 Å². The molecule has 3 amide bonds. The van der Waals surface area contributed by atoms with Gasteiger partial charge in [-0.15, -0.1) is 0 Å². The molecule has 1 aliphatic rings. The van der Waals surface area contributed by atoms with Crippen LogP contribution in [0.5, 0.6) is 11.5 Å². The Morgan fingerprint density at radius 3 is 2.62 bits per heavy atom. The highest BCUT2D eigenvalue weighted by molar-refractivity contribution is 9.10. The standard InChI is InChI=1S/C18H14BrFN2O4/c1-26-15-8-12(19)6-11(16(15)23)7-14-17(24)22(18(25)21-14)9-10-2-4-13(20)5-3-10/h2-8,23H,9H2,1H3,(H,21,25)/b14-7-. The number of amides is 3. The monoisotopic (exact) mass is 420 g/mol. The maximum Gasteiger partial charge on any atom is 0.329 e. The second-order valence-electron chi connectivity index (χ2n) is 5.55. The van der Waals surface area contributed by atoms with E-state index >= 15 is 0 Å². The number of carbonyl (C=O) groups is 2. The highest BCUT2D eigenvalue weighted by Crippen LogP contribution is 2.35. The molecule has 0 bridgehead atoms. The van der Waals surface area contributed by atoms with Crippen LogP contribution in [0.4, 0.5) is 9.18 Å². The summed E-state index contributed by atoms with van der Waals surface area (Å²) < 4.78 is 18.7. The van der Waals surface area contributed by atoms with Crippen molar-refractivity contribution in [2.75, 3.05) is 7.11 Å². The smallest absolute Gasteiger partial charge is 0.329 e. The first-order chi connectivity index (χ1) is 12.4. The number of rotatable bonds is 4. The summed E-state index contributed by atoms with van der Waals surface area (Å²) in [4.78, 5) is 25.6. The SMILES string of the molecule is COc1cc(Br)cc(/C=C2\NC(=O)N(Cc3ccc(F)cc3)C2=O)c1O. The molecule has 0 spiro atoms. The fraction of sp³-hybridized carbons (Fsp3) is 0.111. The predicted octanol–water partition coefficient (Wildman–Crippen LogP) is 3.40. The molecule has 26 heavy (non-hydrogen) atoms. The molecule has 8 heteroatoms. The topological polar surface area (TPSA) is 78.9 Å². The summed E-state index contributed by atoms with van der Waals surface area (Å²) in [5.41, 5.74) is 0.944. The third-order valence-electron chi connectivity index (χ3n) is 3.81. The molecule has 0 aliphatic carbocycles. The van der Waals surface area contributed by atoms with Gasteiger partial charge in [-0.25, -0.2) is 9.18 Å². The Labute approximate surface area is 157 Å². The van der Waals surface area contributed by atoms with Crippen molar-refractivity contribution < 1.29 is 23.8 Å². The van der Waals surface area contributed by atoms with Crippen molar-refractivity contribution in [1.29, 1.82) is 0 Å². The van der Waals surface area contributed by atoms with Gasteiger partial charge in [0.25, 0.3) is 5.91 Å². The maximum atomic E-state index is 13.0. The van der Waals surface area contributed by atoms with Crippen LogP contribution >= 0.6 is 15.9 Å². The van der Waals surface area contributed by atoms with Gasteiger partial charge in [0.1, 0.15) is 11.5 Å². The number of urea groups is 1. The van der Waals surface area contributed by atoms with E-state index in [1.54, 1.807) is 12.1 Å². The average molecular weight is 421 g/mol. The van der Waals surface area contributed by atoms with Crippen molar-refractivity contribution >= 4 is 33.9 Å². The summed E-state index contributed by atoms with van der Waals surface area (Å²) in [6.07, 6.45) is 1.37. The van der Waals surface area contributed by atoms with Crippen LogP contribution in [0.15, 0.2) is 46.6 Å². The van der Waals surface area contributed by atoms with Crippen molar-refractivity contribution in [3.05, 3.63) is 63.5 Å². The molecule has 134 valence electrons. The molecule has 2 N–H and O–H groups in total. The first kappa shape index (κ1) is 17.9. The van der Waals surface area contributed by atoms with Gasteiger partial charge in [-0.3, -0.25) is 9.69 Å². The maximum absolute atomic E-state index is 13.0. The van der Waals surface area contributed by atoms with Gasteiger partial charge in [-0.05, 0) is 35.9 Å². The third-order valence-corrected chi connectivity index (χ3v) is 4.26. The Morgan fingerprint density at radius 2 is 1.96 bits per heavy atom. The molecule has 6 nitrogen and oxygen atoms in total. The number of hydrogen-bond donors (Lipinski definition) is 2. The molecular weight excluding hydrogens is 407 g/mol. The molecule has 0 unspecified atom stereocenters. The summed E-state index contributed by atoms with van der Waals surface area (Å²) in [5, 5.41) is 12.7. The number of nitrogens with zero attached hydrogens (tertiary/aromatic N) is 1. The van der Waals surface area contributed by atoms with E-state index in [1.165, 1.54) is 37.5 Å². The summed E-state index contributed by atoms with van der Waals surface area (Å²) in [5.74, 6) is -0.864. The molecule has 0 atom stereocenters. The van der Waals surface area contributed by atoms with Crippen LogP contribution in [-0.2, 0) is 11.3 Å². The molecule has 1 fully saturated rings. The molecule has 0 aromatic heterocycles. The first-order valence-corrected chi connectivity index (χ1v) is 8.34. The van der Waals surface area contributed by atoms with E-state index in [0.29, 0.717) is 15.6 Å². The van der Waals surface area contributed by atoms with Gasteiger partial charge in [-0.2, -0.15) is 0 Å². The zero-order chi connectivity index (χ0) is 18.8. The number of nitrogens with one attached hydrogen (secondary N) is 1. The fourth-order valence-corrected chi connectivity index (χ4v) is 2.96. The van der Waals surface area contributed by atoms with Crippen molar-refractivity contribution in [2.45, 2.75) is 6.54 Å². The molecular formula is C18H14BrFN2O4. The van der Waals surface area contributed by atoms with Crippen LogP contribution in [-0.4, -0.2) is 29.1 Å². The summed E-state index contributed by atoms with van der Waals surface area (Å²) in [6.45, 7) is 0.00999. The lowest BCUT2D eigenvalue weighted by Gasteiger charge is -2.11. The summed E-state index contributed by atoms with van der Waals surface area (Å²) >= 11 is 3.29. The molecule has 0 radical (unpaired) electrons. The lowest BCUT2D eigenvalue weighted by molar-refractivity contribution is -0.123. The Hall–Kier alpha value is -2.87. The number of halogens is 2. The number of imide groups is 1. The number of methoxy groups -OCH3 is 1. The molecule has 2 aromatic rings. The minimum absolute atomic E-state index is 0.00999. The first-order valence-electron chi connectivity index (χ1n) is 7.54. The Morgan fingerprint density at radius 1 is 1.27 bits per heavy atom. The Bertz CT molecular complexity index is 912. The zero-order valence-corrected chi connectivity index (χ0v) is 15.2. The van der Waals surface area contributed by atoms with Crippen LogP contribution in [0.25, 0.3) is 6.08 Å². The summed E-state index contributed by atoms with van der Waals surface area (Å²) in [7, 11) is 1.41. The van der Waals surface area contributed by atoms with Crippen LogP contribution < -0.4 is 10.1 Å². The molecule has 1 aliphatic heterocycles. The average Bonchev–Trinajstić information content (AvgIpc) is 2.87. The predicted molar refractivity (Wildman–Crippen MR) is 95.8 cm³/mol. The van der Waals surface area contributed by atoms with Crippen molar-refractivity contribution in [2.24, 2.45) is 0 Å². The minimum atomic E-state index is -0.591. The number of phenols is 1. The largest absolute Gasteiger partial charge is 0.504 e. The van der Waals surface area contributed by atoms with Crippen molar-refractivity contribution in [1.82, 2.24) is 10.2 Å². The van der Waals surface area contributed by atoms with Gasteiger partial charge < -0.3 is 15.2 Å². The van der Waals surface area contributed by atoms with Gasteiger partial charge in [0.05, 0.1) is 13.7 Å². The summed E-state index contributed by atoms with van der Waals surface area (Å²) in [6, 6.07) is 8.10. The van der Waals surface area contributed by atoms with E-state index < -0.39 is 17.8 Å². The lowest BCUT2D eigenvalue weighted by atomic mass is 10.1. The second kappa shape index (κ2) is 7.17. The van der Waals surface area contributed by atoms with Crippen LogP contribution in [0.3, 0.4) is 0 Å². The van der Waals surface area contributed by atoms with E-state index in [9.17, 15) is 19.1 Å². The van der Waals surface area contributed by atoms with Gasteiger partial charge in [-0.1, -0.05) is 28.1 Å². The number of benzene rings is 2. The lowest BCUT2D eigenvalue weighted by Crippen LogP contribution is -2.30. The molecule has 0 saturated carbocycles. The van der Waals surface area contributed by atoms with Gasteiger partial charge in [0.2, 0.25) is 0 Å². The Balaban J connectivity index is 1.88. The number of phenolic OH excluding ortho intramolecular Hbond substituents is 1. The molecule has 1 saturated heterocycles. The number of hydrogen-bond acceptors (Lipinski definition) is 4. The Kier molecular flexibility index (Phi) is 4.94. The van der Waals surface area contributed by atoms with E-state index in [-0.39, 0.29) is 23.7 Å². The highest BCUT2D eigenvalue weighted by atomic mass is 79.9. The van der Waals surface area contributed by atoms with Gasteiger partial charge in [0, 0.05) is 10.0 Å². The molecule has 2 aromatic carbocycles. The number of carbonyl (C=O) groups excluding carboxylic acids is 2.